The Kier molecular flexibility index (Phi) is 4.10. The first kappa shape index (κ1) is 13.5. The van der Waals surface area contributed by atoms with Crippen molar-refractivity contribution in [2.45, 2.75) is 19.0 Å². The lowest BCUT2D eigenvalue weighted by atomic mass is 9.86. The van der Waals surface area contributed by atoms with Crippen LogP contribution in [0, 0.1) is 12.8 Å². The van der Waals surface area contributed by atoms with Gasteiger partial charge in [0, 0.05) is 5.92 Å². The van der Waals surface area contributed by atoms with Gasteiger partial charge < -0.3 is 4.79 Å². The number of benzene rings is 1. The first-order chi connectivity index (χ1) is 7.90. The van der Waals surface area contributed by atoms with Crippen molar-refractivity contribution in [1.29, 1.82) is 0 Å². The van der Waals surface area contributed by atoms with E-state index in [1.54, 1.807) is 24.3 Å². The summed E-state index contributed by atoms with van der Waals surface area (Å²) in [6.07, 6.45) is -3.45. The van der Waals surface area contributed by atoms with Crippen LogP contribution in [0.3, 0.4) is 0 Å². The summed E-state index contributed by atoms with van der Waals surface area (Å²) < 4.78 is 37.9. The Morgan fingerprint density at radius 3 is 2.12 bits per heavy atom. The van der Waals surface area contributed by atoms with Gasteiger partial charge in [0.15, 0.2) is 0 Å². The SMILES string of the molecule is C=CC(c1ccc(C)cc1)C(C=O)C(F)(F)F. The Morgan fingerprint density at radius 2 is 1.76 bits per heavy atom. The summed E-state index contributed by atoms with van der Waals surface area (Å²) in [5.41, 5.74) is 1.39. The number of hydrogen-bond acceptors (Lipinski definition) is 1. The Morgan fingerprint density at radius 1 is 1.24 bits per heavy atom. The van der Waals surface area contributed by atoms with Crippen LogP contribution in [0.15, 0.2) is 36.9 Å². The molecule has 0 aliphatic heterocycles. The molecule has 0 aromatic heterocycles. The number of carbonyl (C=O) groups is 1. The minimum absolute atomic E-state index is 0.0633. The van der Waals surface area contributed by atoms with Gasteiger partial charge in [-0.2, -0.15) is 13.2 Å². The third-order valence-electron chi connectivity index (χ3n) is 2.63. The fraction of sp³-hybridized carbons (Fsp3) is 0.308. The van der Waals surface area contributed by atoms with E-state index in [-0.39, 0.29) is 6.29 Å². The molecule has 0 N–H and O–H groups in total. The zero-order valence-corrected chi connectivity index (χ0v) is 9.37. The van der Waals surface area contributed by atoms with E-state index in [1.807, 2.05) is 6.92 Å². The Bertz CT molecular complexity index is 392. The smallest absolute Gasteiger partial charge is 0.303 e. The Labute approximate surface area is 98.0 Å². The van der Waals surface area contributed by atoms with E-state index in [4.69, 9.17) is 0 Å². The summed E-state index contributed by atoms with van der Waals surface area (Å²) in [6.45, 7) is 5.22. The molecule has 1 aromatic carbocycles. The molecule has 0 fully saturated rings. The summed E-state index contributed by atoms with van der Waals surface area (Å²) >= 11 is 0. The third-order valence-corrected chi connectivity index (χ3v) is 2.63. The van der Waals surface area contributed by atoms with E-state index >= 15 is 0 Å². The topological polar surface area (TPSA) is 17.1 Å². The number of halogens is 3. The van der Waals surface area contributed by atoms with Crippen molar-refractivity contribution in [3.8, 4) is 0 Å². The standard InChI is InChI=1S/C13H13F3O/c1-3-11(12(8-17)13(14,15)16)10-6-4-9(2)5-7-10/h3-8,11-12H,1H2,2H3. The predicted molar refractivity (Wildman–Crippen MR) is 59.7 cm³/mol. The van der Waals surface area contributed by atoms with Crippen molar-refractivity contribution in [3.63, 3.8) is 0 Å². The number of aryl methyl sites for hydroxylation is 1. The Balaban J connectivity index is 3.09. The van der Waals surface area contributed by atoms with Crippen molar-refractivity contribution in [2.24, 2.45) is 5.92 Å². The molecule has 0 amide bonds. The second-order valence-electron chi connectivity index (χ2n) is 3.88. The van der Waals surface area contributed by atoms with Gasteiger partial charge in [0.25, 0.3) is 0 Å². The van der Waals surface area contributed by atoms with Crippen molar-refractivity contribution in [1.82, 2.24) is 0 Å². The molecule has 0 heterocycles. The maximum absolute atomic E-state index is 12.6. The van der Waals surface area contributed by atoms with Crippen molar-refractivity contribution >= 4 is 6.29 Å². The summed E-state index contributed by atoms with van der Waals surface area (Å²) in [5, 5.41) is 0. The highest BCUT2D eigenvalue weighted by Crippen LogP contribution is 2.37. The summed E-state index contributed by atoms with van der Waals surface area (Å²) in [4.78, 5) is 10.6. The fourth-order valence-electron chi connectivity index (χ4n) is 1.64. The van der Waals surface area contributed by atoms with Crippen LogP contribution >= 0.6 is 0 Å². The molecule has 4 heteroatoms. The maximum Gasteiger partial charge on any atom is 0.399 e. The number of rotatable bonds is 4. The van der Waals surface area contributed by atoms with Crippen LogP contribution in [0.1, 0.15) is 17.0 Å². The van der Waals surface area contributed by atoms with Crippen LogP contribution in [0.25, 0.3) is 0 Å². The second-order valence-corrected chi connectivity index (χ2v) is 3.88. The number of allylic oxidation sites excluding steroid dienone is 1. The number of aldehydes is 1. The van der Waals surface area contributed by atoms with Gasteiger partial charge in [-0.15, -0.1) is 6.58 Å². The van der Waals surface area contributed by atoms with Gasteiger partial charge in [0.1, 0.15) is 12.2 Å². The van der Waals surface area contributed by atoms with Crippen LogP contribution in [-0.4, -0.2) is 12.5 Å². The first-order valence-corrected chi connectivity index (χ1v) is 5.11. The molecule has 0 spiro atoms. The minimum Gasteiger partial charge on any atom is -0.303 e. The zero-order chi connectivity index (χ0) is 13.1. The van der Waals surface area contributed by atoms with Crippen LogP contribution in [0.5, 0.6) is 0 Å². The molecule has 1 rings (SSSR count). The molecule has 1 aromatic rings. The van der Waals surface area contributed by atoms with E-state index in [2.05, 4.69) is 6.58 Å². The monoisotopic (exact) mass is 242 g/mol. The largest absolute Gasteiger partial charge is 0.399 e. The van der Waals surface area contributed by atoms with Gasteiger partial charge in [-0.3, -0.25) is 0 Å². The van der Waals surface area contributed by atoms with E-state index in [1.165, 1.54) is 0 Å². The minimum atomic E-state index is -4.55. The van der Waals surface area contributed by atoms with E-state index in [0.717, 1.165) is 11.6 Å². The molecule has 1 nitrogen and oxygen atoms in total. The number of alkyl halides is 3. The third kappa shape index (κ3) is 3.19. The normalized spacial score (nSPS) is 15.1. The zero-order valence-electron chi connectivity index (χ0n) is 9.37. The summed E-state index contributed by atoms with van der Waals surface area (Å²) in [7, 11) is 0. The Hall–Kier alpha value is -1.58. The van der Waals surface area contributed by atoms with E-state index in [9.17, 15) is 18.0 Å². The summed E-state index contributed by atoms with van der Waals surface area (Å²) in [5.74, 6) is -3.07. The quantitative estimate of drug-likeness (QED) is 0.582. The molecule has 17 heavy (non-hydrogen) atoms. The first-order valence-electron chi connectivity index (χ1n) is 5.11. The van der Waals surface area contributed by atoms with Crippen molar-refractivity contribution in [2.75, 3.05) is 0 Å². The lowest BCUT2D eigenvalue weighted by Crippen LogP contribution is -2.29. The van der Waals surface area contributed by atoms with Gasteiger partial charge in [-0.05, 0) is 12.5 Å². The van der Waals surface area contributed by atoms with Crippen molar-refractivity contribution < 1.29 is 18.0 Å². The molecule has 0 aliphatic rings. The van der Waals surface area contributed by atoms with Crippen LogP contribution in [-0.2, 0) is 4.79 Å². The number of hydrogen-bond donors (Lipinski definition) is 0. The predicted octanol–water partition coefficient (Wildman–Crippen LogP) is 3.64. The lowest BCUT2D eigenvalue weighted by Gasteiger charge is -2.22. The molecule has 2 unspecified atom stereocenters. The summed E-state index contributed by atoms with van der Waals surface area (Å²) in [6, 6.07) is 6.60. The molecule has 0 saturated heterocycles. The molecule has 2 atom stereocenters. The molecule has 0 bridgehead atoms. The van der Waals surface area contributed by atoms with Crippen molar-refractivity contribution in [3.05, 3.63) is 48.0 Å². The average molecular weight is 242 g/mol. The highest BCUT2D eigenvalue weighted by atomic mass is 19.4. The maximum atomic E-state index is 12.6. The van der Waals surface area contributed by atoms with Gasteiger partial charge >= 0.3 is 6.18 Å². The van der Waals surface area contributed by atoms with Gasteiger partial charge in [-0.25, -0.2) is 0 Å². The molecule has 92 valence electrons. The molecule has 0 aliphatic carbocycles. The van der Waals surface area contributed by atoms with Gasteiger partial charge in [0.05, 0.1) is 0 Å². The van der Waals surface area contributed by atoms with E-state index in [0.29, 0.717) is 5.56 Å². The second kappa shape index (κ2) is 5.17. The number of carbonyl (C=O) groups excluding carboxylic acids is 1. The van der Waals surface area contributed by atoms with Gasteiger partial charge in [-0.1, -0.05) is 35.9 Å². The van der Waals surface area contributed by atoms with Crippen LogP contribution in [0.2, 0.25) is 0 Å². The lowest BCUT2D eigenvalue weighted by molar-refractivity contribution is -0.176. The molecular weight excluding hydrogens is 229 g/mol. The molecular formula is C13H13F3O. The highest BCUT2D eigenvalue weighted by Gasteiger charge is 2.44. The average Bonchev–Trinajstić information content (AvgIpc) is 2.25. The molecule has 0 saturated carbocycles. The van der Waals surface area contributed by atoms with Crippen LogP contribution in [0.4, 0.5) is 13.2 Å². The fourth-order valence-corrected chi connectivity index (χ4v) is 1.64. The van der Waals surface area contributed by atoms with E-state index < -0.39 is 18.0 Å². The highest BCUT2D eigenvalue weighted by molar-refractivity contribution is 5.58. The van der Waals surface area contributed by atoms with Gasteiger partial charge in [0.2, 0.25) is 0 Å². The van der Waals surface area contributed by atoms with Crippen LogP contribution < -0.4 is 0 Å². The molecule has 0 radical (unpaired) electrons.